The minimum absolute atomic E-state index is 0.0416. The molecule has 2 aromatic rings. The molecule has 2 amide bonds. The van der Waals surface area contributed by atoms with Gasteiger partial charge in [-0.25, -0.2) is 0 Å². The number of hydrogen-bond acceptors (Lipinski definition) is 4. The highest BCUT2D eigenvalue weighted by molar-refractivity contribution is 7.80. The number of amides is 2. The number of benzene rings is 2. The predicted octanol–water partition coefficient (Wildman–Crippen LogP) is 4.87. The van der Waals surface area contributed by atoms with Gasteiger partial charge >= 0.3 is 0 Å². The largest absolute Gasteiger partial charge is 0.494 e. The first-order chi connectivity index (χ1) is 13.3. The molecule has 28 heavy (non-hydrogen) atoms. The number of carbonyl (C=O) groups excluding carboxylic acids is 2. The van der Waals surface area contributed by atoms with E-state index in [2.05, 4.69) is 16.0 Å². The van der Waals surface area contributed by atoms with Gasteiger partial charge in [0.1, 0.15) is 5.75 Å². The van der Waals surface area contributed by atoms with Crippen molar-refractivity contribution in [1.29, 1.82) is 0 Å². The lowest BCUT2D eigenvalue weighted by Gasteiger charge is -2.13. The van der Waals surface area contributed by atoms with E-state index in [-0.39, 0.29) is 27.4 Å². The van der Waals surface area contributed by atoms with E-state index in [1.165, 1.54) is 19.2 Å². The van der Waals surface area contributed by atoms with E-state index < -0.39 is 5.91 Å². The number of hydrogen-bond donors (Lipinski definition) is 3. The molecule has 0 spiro atoms. The van der Waals surface area contributed by atoms with E-state index in [0.29, 0.717) is 22.8 Å². The molecule has 9 heteroatoms. The molecule has 148 valence electrons. The quantitative estimate of drug-likeness (QED) is 0.559. The lowest BCUT2D eigenvalue weighted by atomic mass is 10.2. The fourth-order valence-corrected chi connectivity index (χ4v) is 3.14. The monoisotopic (exact) mass is 439 g/mol. The maximum atomic E-state index is 12.5. The van der Waals surface area contributed by atoms with Crippen LogP contribution in [0.5, 0.6) is 5.75 Å². The molecule has 6 nitrogen and oxygen atoms in total. The van der Waals surface area contributed by atoms with Crippen molar-refractivity contribution < 1.29 is 14.3 Å². The summed E-state index contributed by atoms with van der Waals surface area (Å²) in [5.41, 5.74) is 1.49. The summed E-state index contributed by atoms with van der Waals surface area (Å²) in [5, 5.41) is 8.85. The Morgan fingerprint density at radius 3 is 2.25 bits per heavy atom. The van der Waals surface area contributed by atoms with Gasteiger partial charge in [0, 0.05) is 22.8 Å². The standard InChI is InChI=1S/C19H19Cl2N3O3S/c1-3-4-16(25)22-12-5-7-13(8-6-12)23-19(28)24-18(26)14-9-11(20)10-15(21)17(14)27-2/h5-10H,3-4H2,1-2H3,(H,22,25)(H2,23,24,26,28). The van der Waals surface area contributed by atoms with Crippen LogP contribution in [0, 0.1) is 0 Å². The predicted molar refractivity (Wildman–Crippen MR) is 117 cm³/mol. The normalized spacial score (nSPS) is 10.1. The lowest BCUT2D eigenvalue weighted by molar-refractivity contribution is -0.116. The Kier molecular flexibility index (Phi) is 8.04. The zero-order valence-corrected chi connectivity index (χ0v) is 17.6. The molecule has 0 aliphatic rings. The summed E-state index contributed by atoms with van der Waals surface area (Å²) < 4.78 is 5.16. The Bertz CT molecular complexity index is 889. The van der Waals surface area contributed by atoms with Crippen LogP contribution in [0.3, 0.4) is 0 Å². The molecule has 0 heterocycles. The van der Waals surface area contributed by atoms with Crippen LogP contribution in [0.15, 0.2) is 36.4 Å². The van der Waals surface area contributed by atoms with Crippen LogP contribution in [-0.2, 0) is 4.79 Å². The summed E-state index contributed by atoms with van der Waals surface area (Å²) in [7, 11) is 1.41. The summed E-state index contributed by atoms with van der Waals surface area (Å²) in [6.45, 7) is 1.94. The van der Waals surface area contributed by atoms with Gasteiger partial charge in [0.05, 0.1) is 17.7 Å². The first kappa shape index (κ1) is 21.9. The second-order valence-electron chi connectivity index (χ2n) is 5.75. The van der Waals surface area contributed by atoms with Crippen LogP contribution in [0.4, 0.5) is 11.4 Å². The number of nitrogens with one attached hydrogen (secondary N) is 3. The molecule has 2 rings (SSSR count). The molecule has 0 atom stereocenters. The van der Waals surface area contributed by atoms with E-state index in [9.17, 15) is 9.59 Å². The molecule has 3 N–H and O–H groups in total. The number of rotatable bonds is 6. The van der Waals surface area contributed by atoms with Crippen molar-refractivity contribution in [3.05, 3.63) is 52.0 Å². The van der Waals surface area contributed by atoms with Gasteiger partial charge in [-0.15, -0.1) is 0 Å². The Morgan fingerprint density at radius 1 is 1.07 bits per heavy atom. The number of ether oxygens (including phenoxy) is 1. The average molecular weight is 440 g/mol. The molecule has 0 fully saturated rings. The molecule has 0 saturated carbocycles. The molecule has 0 aliphatic heterocycles. The summed E-state index contributed by atoms with van der Waals surface area (Å²) in [5.74, 6) is -0.346. The third-order valence-corrected chi connectivity index (χ3v) is 4.29. The first-order valence-electron chi connectivity index (χ1n) is 8.39. The highest BCUT2D eigenvalue weighted by atomic mass is 35.5. The maximum absolute atomic E-state index is 12.5. The Balaban J connectivity index is 2.00. The van der Waals surface area contributed by atoms with Crippen molar-refractivity contribution in [3.8, 4) is 5.75 Å². The highest BCUT2D eigenvalue weighted by Crippen LogP contribution is 2.32. The minimum Gasteiger partial charge on any atom is -0.494 e. The summed E-state index contributed by atoms with van der Waals surface area (Å²) >= 11 is 17.2. The van der Waals surface area contributed by atoms with Crippen molar-refractivity contribution in [2.24, 2.45) is 0 Å². The third-order valence-electron chi connectivity index (χ3n) is 3.59. The summed E-state index contributed by atoms with van der Waals surface area (Å²) in [6, 6.07) is 9.86. The summed E-state index contributed by atoms with van der Waals surface area (Å²) in [6.07, 6.45) is 1.25. The highest BCUT2D eigenvalue weighted by Gasteiger charge is 2.17. The van der Waals surface area contributed by atoms with Gasteiger partial charge in [-0.05, 0) is 55.0 Å². The molecular formula is C19H19Cl2N3O3S. The van der Waals surface area contributed by atoms with E-state index in [1.807, 2.05) is 6.92 Å². The molecule has 0 radical (unpaired) electrons. The Morgan fingerprint density at radius 2 is 1.68 bits per heavy atom. The van der Waals surface area contributed by atoms with Crippen LogP contribution in [-0.4, -0.2) is 24.0 Å². The van der Waals surface area contributed by atoms with Crippen molar-refractivity contribution >= 4 is 63.7 Å². The van der Waals surface area contributed by atoms with Crippen LogP contribution in [0.2, 0.25) is 10.0 Å². The molecule has 0 aliphatic carbocycles. The Labute approximate surface area is 178 Å². The maximum Gasteiger partial charge on any atom is 0.261 e. The summed E-state index contributed by atoms with van der Waals surface area (Å²) in [4.78, 5) is 24.1. The topological polar surface area (TPSA) is 79.5 Å². The molecule has 0 aromatic heterocycles. The number of thiocarbonyl (C=S) groups is 1. The number of halogens is 2. The van der Waals surface area contributed by atoms with Gasteiger partial charge in [0.15, 0.2) is 5.11 Å². The van der Waals surface area contributed by atoms with Crippen molar-refractivity contribution in [2.75, 3.05) is 17.7 Å². The van der Waals surface area contributed by atoms with Gasteiger partial charge < -0.3 is 15.4 Å². The van der Waals surface area contributed by atoms with Crippen LogP contribution < -0.4 is 20.7 Å². The second kappa shape index (κ2) is 10.3. The van der Waals surface area contributed by atoms with Gasteiger partial charge in [0.25, 0.3) is 5.91 Å². The van der Waals surface area contributed by atoms with Crippen molar-refractivity contribution in [1.82, 2.24) is 5.32 Å². The lowest BCUT2D eigenvalue weighted by Crippen LogP contribution is -2.34. The molecular weight excluding hydrogens is 421 g/mol. The zero-order valence-electron chi connectivity index (χ0n) is 15.3. The molecule has 2 aromatic carbocycles. The van der Waals surface area contributed by atoms with E-state index in [4.69, 9.17) is 40.2 Å². The SMILES string of the molecule is CCCC(=O)Nc1ccc(NC(=S)NC(=O)c2cc(Cl)cc(Cl)c2OC)cc1. The van der Waals surface area contributed by atoms with Crippen LogP contribution >= 0.6 is 35.4 Å². The zero-order chi connectivity index (χ0) is 20.7. The Hall–Kier alpha value is -2.35. The van der Waals surface area contributed by atoms with Crippen LogP contribution in [0.25, 0.3) is 0 Å². The second-order valence-corrected chi connectivity index (χ2v) is 7.00. The molecule has 0 saturated heterocycles. The van der Waals surface area contributed by atoms with E-state index >= 15 is 0 Å². The number of anilines is 2. The fraction of sp³-hybridized carbons (Fsp3) is 0.211. The third kappa shape index (κ3) is 6.09. The number of carbonyl (C=O) groups is 2. The van der Waals surface area contributed by atoms with E-state index in [1.54, 1.807) is 24.3 Å². The van der Waals surface area contributed by atoms with Gasteiger partial charge in [-0.3, -0.25) is 14.9 Å². The number of methoxy groups -OCH3 is 1. The smallest absolute Gasteiger partial charge is 0.261 e. The van der Waals surface area contributed by atoms with Gasteiger partial charge in [0.2, 0.25) is 5.91 Å². The average Bonchev–Trinajstić information content (AvgIpc) is 2.63. The van der Waals surface area contributed by atoms with Crippen molar-refractivity contribution in [2.45, 2.75) is 19.8 Å². The first-order valence-corrected chi connectivity index (χ1v) is 9.55. The van der Waals surface area contributed by atoms with Crippen molar-refractivity contribution in [3.63, 3.8) is 0 Å². The van der Waals surface area contributed by atoms with Crippen LogP contribution in [0.1, 0.15) is 30.1 Å². The fourth-order valence-electron chi connectivity index (χ4n) is 2.36. The van der Waals surface area contributed by atoms with E-state index in [0.717, 1.165) is 6.42 Å². The minimum atomic E-state index is -0.512. The molecule has 0 unspecified atom stereocenters. The van der Waals surface area contributed by atoms with Gasteiger partial charge in [-0.2, -0.15) is 0 Å². The van der Waals surface area contributed by atoms with Gasteiger partial charge in [-0.1, -0.05) is 30.1 Å². The molecule has 0 bridgehead atoms.